The van der Waals surface area contributed by atoms with Gasteiger partial charge in [-0.1, -0.05) is 274 Å². The number of allylic oxidation sites excluding steroid dienone is 10. The summed E-state index contributed by atoms with van der Waals surface area (Å²) >= 11 is 0. The minimum absolute atomic E-state index is 0.0831. The summed E-state index contributed by atoms with van der Waals surface area (Å²) in [6.45, 7) is 6.62. The van der Waals surface area contributed by atoms with Crippen molar-refractivity contribution in [3.05, 3.63) is 60.8 Å². The van der Waals surface area contributed by atoms with E-state index in [4.69, 9.17) is 14.2 Å². The summed E-state index contributed by atoms with van der Waals surface area (Å²) in [5, 5.41) is 0. The lowest BCUT2D eigenvalue weighted by molar-refractivity contribution is -0.167. The smallest absolute Gasteiger partial charge is 0.306 e. The van der Waals surface area contributed by atoms with Gasteiger partial charge in [-0.2, -0.15) is 0 Å². The van der Waals surface area contributed by atoms with E-state index in [0.29, 0.717) is 19.3 Å². The highest BCUT2D eigenvalue weighted by Gasteiger charge is 2.19. The Morgan fingerprint density at radius 1 is 0.278 bits per heavy atom. The van der Waals surface area contributed by atoms with Crippen LogP contribution in [0.25, 0.3) is 0 Å². The Balaban J connectivity index is 4.38. The molecule has 0 N–H and O–H groups in total. The number of ether oxygens (including phenoxy) is 3. The normalized spacial score (nSPS) is 12.4. The van der Waals surface area contributed by atoms with Crippen LogP contribution in [0.5, 0.6) is 0 Å². The summed E-state index contributed by atoms with van der Waals surface area (Å²) in [7, 11) is 0. The van der Waals surface area contributed by atoms with Crippen molar-refractivity contribution in [2.24, 2.45) is 0 Å². The number of hydrogen-bond donors (Lipinski definition) is 0. The molecule has 1 unspecified atom stereocenters. The zero-order valence-corrected chi connectivity index (χ0v) is 47.9. The van der Waals surface area contributed by atoms with E-state index in [0.717, 1.165) is 96.3 Å². The highest BCUT2D eigenvalue weighted by Crippen LogP contribution is 2.17. The van der Waals surface area contributed by atoms with Gasteiger partial charge in [0.15, 0.2) is 6.10 Å². The first-order chi connectivity index (χ1) is 35.5. The summed E-state index contributed by atoms with van der Waals surface area (Å²) in [6.07, 6.45) is 76.4. The van der Waals surface area contributed by atoms with Gasteiger partial charge in [0.25, 0.3) is 0 Å². The second kappa shape index (κ2) is 60.7. The van der Waals surface area contributed by atoms with Gasteiger partial charge in [0, 0.05) is 19.3 Å². The molecular weight excluding hydrogens is 889 g/mol. The molecule has 0 aliphatic heterocycles. The molecule has 0 amide bonds. The molecule has 0 saturated heterocycles. The summed E-state index contributed by atoms with van der Waals surface area (Å²) in [5.41, 5.74) is 0. The van der Waals surface area contributed by atoms with Crippen LogP contribution in [0.1, 0.15) is 323 Å². The average Bonchev–Trinajstić information content (AvgIpc) is 3.38. The minimum atomic E-state index is -0.785. The second-order valence-corrected chi connectivity index (χ2v) is 21.0. The Morgan fingerprint density at radius 2 is 0.500 bits per heavy atom. The molecule has 0 fully saturated rings. The van der Waals surface area contributed by atoms with Crippen LogP contribution in [-0.4, -0.2) is 37.2 Å². The average molecular weight is 1010 g/mol. The molecule has 0 radical (unpaired) electrons. The van der Waals surface area contributed by atoms with Crippen molar-refractivity contribution in [3.63, 3.8) is 0 Å². The van der Waals surface area contributed by atoms with E-state index in [1.54, 1.807) is 0 Å². The van der Waals surface area contributed by atoms with Crippen molar-refractivity contribution in [1.29, 1.82) is 0 Å². The summed E-state index contributed by atoms with van der Waals surface area (Å²) in [4.78, 5) is 38.3. The van der Waals surface area contributed by atoms with Crippen LogP contribution in [0, 0.1) is 0 Å². The van der Waals surface area contributed by atoms with Crippen LogP contribution in [-0.2, 0) is 28.6 Å². The molecule has 6 nitrogen and oxygen atoms in total. The standard InChI is InChI=1S/C66H118O6/c1-4-7-10-13-16-19-22-25-28-30-32-33-34-36-38-41-44-47-50-53-56-59-65(68)71-62-63(61-70-64(67)58-55-52-49-46-43-40-37-27-24-21-18-15-12-9-6-3)72-66(69)60-57-54-51-48-45-42-39-35-31-29-26-23-20-17-14-11-8-5-2/h18,21-22,25,27,30,32,34,36-37,63H,4-17,19-20,23-24,26,28-29,31,33,35,38-62H2,1-3H3/b21-18-,25-22-,32-30-,36-34-,37-27-. The number of hydrogen-bond acceptors (Lipinski definition) is 6. The molecule has 0 aliphatic rings. The van der Waals surface area contributed by atoms with Crippen LogP contribution < -0.4 is 0 Å². The van der Waals surface area contributed by atoms with E-state index in [1.807, 2.05) is 0 Å². The van der Waals surface area contributed by atoms with Gasteiger partial charge in [0.2, 0.25) is 0 Å². The van der Waals surface area contributed by atoms with Gasteiger partial charge in [-0.05, 0) is 89.9 Å². The predicted octanol–water partition coefficient (Wildman–Crippen LogP) is 21.2. The quantitative estimate of drug-likeness (QED) is 0.0261. The van der Waals surface area contributed by atoms with Crippen molar-refractivity contribution >= 4 is 17.9 Å². The van der Waals surface area contributed by atoms with E-state index < -0.39 is 6.10 Å². The molecule has 418 valence electrons. The Morgan fingerprint density at radius 3 is 0.806 bits per heavy atom. The first kappa shape index (κ1) is 69.1. The van der Waals surface area contributed by atoms with Crippen LogP contribution >= 0.6 is 0 Å². The number of carbonyl (C=O) groups is 3. The highest BCUT2D eigenvalue weighted by molar-refractivity contribution is 5.71. The number of esters is 3. The van der Waals surface area contributed by atoms with Gasteiger partial charge < -0.3 is 14.2 Å². The molecule has 0 rings (SSSR count). The maximum atomic E-state index is 12.9. The van der Waals surface area contributed by atoms with Gasteiger partial charge >= 0.3 is 17.9 Å². The number of carbonyl (C=O) groups excluding carboxylic acids is 3. The van der Waals surface area contributed by atoms with Gasteiger partial charge in [-0.15, -0.1) is 0 Å². The first-order valence-corrected chi connectivity index (χ1v) is 31.3. The van der Waals surface area contributed by atoms with Crippen LogP contribution in [0.2, 0.25) is 0 Å². The van der Waals surface area contributed by atoms with E-state index in [2.05, 4.69) is 81.5 Å². The van der Waals surface area contributed by atoms with Crippen molar-refractivity contribution in [2.45, 2.75) is 329 Å². The molecule has 0 bridgehead atoms. The molecular formula is C66H118O6. The van der Waals surface area contributed by atoms with Gasteiger partial charge in [0.1, 0.15) is 13.2 Å². The molecule has 0 aromatic carbocycles. The molecule has 0 spiro atoms. The van der Waals surface area contributed by atoms with E-state index in [1.165, 1.54) is 186 Å². The Kier molecular flexibility index (Phi) is 58.2. The fourth-order valence-corrected chi connectivity index (χ4v) is 9.01. The lowest BCUT2D eigenvalue weighted by Gasteiger charge is -2.18. The minimum Gasteiger partial charge on any atom is -0.462 e. The molecule has 0 saturated carbocycles. The summed E-state index contributed by atoms with van der Waals surface area (Å²) in [5.74, 6) is -0.891. The van der Waals surface area contributed by atoms with Crippen molar-refractivity contribution in [3.8, 4) is 0 Å². The van der Waals surface area contributed by atoms with Crippen molar-refractivity contribution in [1.82, 2.24) is 0 Å². The lowest BCUT2D eigenvalue weighted by atomic mass is 10.0. The molecule has 1 atom stereocenters. The van der Waals surface area contributed by atoms with E-state index >= 15 is 0 Å². The van der Waals surface area contributed by atoms with Crippen molar-refractivity contribution in [2.75, 3.05) is 13.2 Å². The zero-order chi connectivity index (χ0) is 52.2. The second-order valence-electron chi connectivity index (χ2n) is 21.0. The third kappa shape index (κ3) is 58.0. The SMILES string of the molecule is CCCCC/C=C\C/C=C\CCCCCCCC(=O)OCC(COC(=O)CCCCCCCC/C=C\C/C=C\C/C=C\CCCCCCC)OC(=O)CCCCCCCCCCCCCCCCCCCC. The lowest BCUT2D eigenvalue weighted by Crippen LogP contribution is -2.30. The van der Waals surface area contributed by atoms with Crippen LogP contribution in [0.3, 0.4) is 0 Å². The first-order valence-electron chi connectivity index (χ1n) is 31.3. The third-order valence-corrected chi connectivity index (χ3v) is 13.7. The Hall–Kier alpha value is -2.89. The molecule has 0 aromatic heterocycles. The number of rotatable bonds is 57. The van der Waals surface area contributed by atoms with E-state index in [-0.39, 0.29) is 31.1 Å². The molecule has 0 heterocycles. The zero-order valence-electron chi connectivity index (χ0n) is 47.9. The van der Waals surface area contributed by atoms with Crippen LogP contribution in [0.4, 0.5) is 0 Å². The van der Waals surface area contributed by atoms with Gasteiger partial charge in [0.05, 0.1) is 0 Å². The third-order valence-electron chi connectivity index (χ3n) is 13.7. The topological polar surface area (TPSA) is 78.9 Å². The Bertz CT molecular complexity index is 1290. The predicted molar refractivity (Wildman–Crippen MR) is 312 cm³/mol. The summed E-state index contributed by atoms with van der Waals surface area (Å²) < 4.78 is 16.9. The Labute approximate surface area is 447 Å². The fraction of sp³-hybridized carbons (Fsp3) is 0.803. The highest BCUT2D eigenvalue weighted by atomic mass is 16.6. The molecule has 0 aliphatic carbocycles. The molecule has 6 heteroatoms. The maximum absolute atomic E-state index is 12.9. The van der Waals surface area contributed by atoms with Crippen LogP contribution in [0.15, 0.2) is 60.8 Å². The fourth-order valence-electron chi connectivity index (χ4n) is 9.01. The van der Waals surface area contributed by atoms with E-state index in [9.17, 15) is 14.4 Å². The summed E-state index contributed by atoms with van der Waals surface area (Å²) in [6, 6.07) is 0. The van der Waals surface area contributed by atoms with Gasteiger partial charge in [-0.25, -0.2) is 0 Å². The van der Waals surface area contributed by atoms with Crippen molar-refractivity contribution < 1.29 is 28.6 Å². The monoisotopic (exact) mass is 1010 g/mol. The largest absolute Gasteiger partial charge is 0.462 e. The maximum Gasteiger partial charge on any atom is 0.306 e. The molecule has 72 heavy (non-hydrogen) atoms. The number of unbranched alkanes of at least 4 members (excludes halogenated alkanes) is 36. The molecule has 0 aromatic rings. The van der Waals surface area contributed by atoms with Gasteiger partial charge in [-0.3, -0.25) is 14.4 Å².